The maximum absolute atomic E-state index is 12.7. The lowest BCUT2D eigenvalue weighted by Gasteiger charge is -2.48. The maximum Gasteiger partial charge on any atom is 0.182 e. The molecule has 6 heteroatoms. The predicted molar refractivity (Wildman–Crippen MR) is 139 cm³/mol. The summed E-state index contributed by atoms with van der Waals surface area (Å²) in [6.07, 6.45) is 7.26. The molecule has 184 valence electrons. The predicted octanol–water partition coefficient (Wildman–Crippen LogP) is 5.68. The first-order chi connectivity index (χ1) is 16.6. The van der Waals surface area contributed by atoms with Crippen LogP contribution in [0.25, 0.3) is 11.1 Å². The van der Waals surface area contributed by atoms with Gasteiger partial charge in [0.25, 0.3) is 0 Å². The highest BCUT2D eigenvalue weighted by atomic mass is 32.2. The summed E-state index contributed by atoms with van der Waals surface area (Å²) in [7, 11) is -3.39. The number of hydrogen-bond donors (Lipinski definition) is 0. The molecule has 1 spiro atoms. The Morgan fingerprint density at radius 3 is 2.23 bits per heavy atom. The minimum atomic E-state index is -3.39. The Bertz CT molecular complexity index is 1290. The average molecular weight is 491 g/mol. The first kappa shape index (κ1) is 24.0. The van der Waals surface area contributed by atoms with Gasteiger partial charge < -0.3 is 4.74 Å². The van der Waals surface area contributed by atoms with Crippen LogP contribution in [0.4, 0.5) is 0 Å². The van der Waals surface area contributed by atoms with Crippen LogP contribution in [0.1, 0.15) is 51.2 Å². The third-order valence-electron chi connectivity index (χ3n) is 7.51. The van der Waals surface area contributed by atoms with Gasteiger partial charge in [-0.15, -0.1) is 0 Å². The largest absolute Gasteiger partial charge is 0.487 e. The topological polar surface area (TPSA) is 59.5 Å². The Hall–Kier alpha value is -2.70. The molecule has 2 aliphatic heterocycles. The SMILES string of the molecule is CC(C)(C)N1CCC2(CCc3cc(-c4ccc(CS(=O)(=O)c5ccncc5)cc4)ccc3O2)CC1. The molecule has 0 atom stereocenters. The minimum Gasteiger partial charge on any atom is -0.487 e. The molecule has 2 aromatic carbocycles. The van der Waals surface area contributed by atoms with Gasteiger partial charge in [-0.2, -0.15) is 0 Å². The van der Waals surface area contributed by atoms with Crippen molar-refractivity contribution in [2.75, 3.05) is 13.1 Å². The van der Waals surface area contributed by atoms with Gasteiger partial charge in [0, 0.05) is 31.0 Å². The summed E-state index contributed by atoms with van der Waals surface area (Å²) in [5, 5.41) is 0. The molecule has 0 radical (unpaired) electrons. The maximum atomic E-state index is 12.7. The normalized spacial score (nSPS) is 18.1. The fraction of sp³-hybridized carbons (Fsp3) is 0.414. The van der Waals surface area contributed by atoms with Gasteiger partial charge in [-0.05, 0) is 93.0 Å². The van der Waals surface area contributed by atoms with Crippen LogP contribution in [0.2, 0.25) is 0 Å². The molecule has 1 fully saturated rings. The van der Waals surface area contributed by atoms with Crippen LogP contribution < -0.4 is 4.74 Å². The lowest BCUT2D eigenvalue weighted by atomic mass is 9.81. The van der Waals surface area contributed by atoms with Gasteiger partial charge in [-0.25, -0.2) is 8.42 Å². The Morgan fingerprint density at radius 1 is 0.914 bits per heavy atom. The molecule has 3 heterocycles. The molecule has 0 N–H and O–H groups in total. The summed E-state index contributed by atoms with van der Waals surface area (Å²) in [5.41, 5.74) is 4.43. The zero-order valence-electron chi connectivity index (χ0n) is 20.8. The average Bonchev–Trinajstić information content (AvgIpc) is 2.84. The number of fused-ring (bicyclic) bond motifs is 1. The quantitative estimate of drug-likeness (QED) is 0.471. The number of pyridine rings is 1. The number of ether oxygens (including phenoxy) is 1. The van der Waals surface area contributed by atoms with Gasteiger partial charge in [0.05, 0.1) is 10.6 Å². The van der Waals surface area contributed by atoms with Crippen LogP contribution in [-0.4, -0.2) is 42.5 Å². The van der Waals surface area contributed by atoms with Gasteiger partial charge in [0.2, 0.25) is 0 Å². The fourth-order valence-corrected chi connectivity index (χ4v) is 6.61. The summed E-state index contributed by atoms with van der Waals surface area (Å²) in [6, 6.07) is 17.4. The first-order valence-corrected chi connectivity index (χ1v) is 14.1. The summed E-state index contributed by atoms with van der Waals surface area (Å²) in [4.78, 5) is 6.76. The molecule has 0 unspecified atom stereocenters. The molecular weight excluding hydrogens is 456 g/mol. The standard InChI is InChI=1S/C29H34N2O3S/c1-28(2,3)31-18-14-29(15-19-31)13-10-25-20-24(8-9-27(25)34-29)23-6-4-22(5-7-23)21-35(32,33)26-11-16-30-17-12-26/h4-9,11-12,16-17,20H,10,13-15,18-19,21H2,1-3H3. The van der Waals surface area contributed by atoms with Crippen molar-refractivity contribution in [3.8, 4) is 16.9 Å². The lowest BCUT2D eigenvalue weighted by molar-refractivity contribution is -0.0355. The van der Waals surface area contributed by atoms with E-state index in [2.05, 4.69) is 48.9 Å². The number of nitrogens with zero attached hydrogens (tertiary/aromatic N) is 2. The smallest absolute Gasteiger partial charge is 0.182 e. The number of hydrogen-bond acceptors (Lipinski definition) is 5. The molecule has 0 bridgehead atoms. The van der Waals surface area contributed by atoms with Gasteiger partial charge in [0.15, 0.2) is 9.84 Å². The van der Waals surface area contributed by atoms with Crippen LogP contribution >= 0.6 is 0 Å². The van der Waals surface area contributed by atoms with E-state index in [1.165, 1.54) is 30.1 Å². The molecular formula is C29H34N2O3S. The van der Waals surface area contributed by atoms with Gasteiger partial charge >= 0.3 is 0 Å². The van der Waals surface area contributed by atoms with Crippen molar-refractivity contribution in [3.63, 3.8) is 0 Å². The zero-order valence-corrected chi connectivity index (χ0v) is 21.6. The van der Waals surface area contributed by atoms with E-state index in [9.17, 15) is 8.42 Å². The van der Waals surface area contributed by atoms with Crippen molar-refractivity contribution in [2.45, 2.75) is 68.2 Å². The fourth-order valence-electron chi connectivity index (χ4n) is 5.28. The van der Waals surface area contributed by atoms with Crippen LogP contribution in [0, 0.1) is 0 Å². The van der Waals surface area contributed by atoms with Crippen molar-refractivity contribution in [2.24, 2.45) is 0 Å². The third-order valence-corrected chi connectivity index (χ3v) is 9.22. The first-order valence-electron chi connectivity index (χ1n) is 12.4. The number of benzene rings is 2. The second-order valence-corrected chi connectivity index (χ2v) is 12.9. The molecule has 1 saturated heterocycles. The third kappa shape index (κ3) is 5.14. The van der Waals surface area contributed by atoms with Crippen LogP contribution in [0.15, 0.2) is 71.9 Å². The molecule has 0 saturated carbocycles. The number of sulfone groups is 1. The highest BCUT2D eigenvalue weighted by molar-refractivity contribution is 7.90. The van der Waals surface area contributed by atoms with Crippen molar-refractivity contribution in [3.05, 3.63) is 78.1 Å². The van der Waals surface area contributed by atoms with E-state index in [0.29, 0.717) is 4.90 Å². The van der Waals surface area contributed by atoms with E-state index < -0.39 is 9.84 Å². The van der Waals surface area contributed by atoms with Crippen LogP contribution in [-0.2, 0) is 22.0 Å². The van der Waals surface area contributed by atoms with Crippen molar-refractivity contribution in [1.29, 1.82) is 0 Å². The molecule has 5 nitrogen and oxygen atoms in total. The van der Waals surface area contributed by atoms with E-state index in [1.54, 1.807) is 0 Å². The summed E-state index contributed by atoms with van der Waals surface area (Å²) in [6.45, 7) is 9.03. The van der Waals surface area contributed by atoms with E-state index in [4.69, 9.17) is 4.74 Å². The Morgan fingerprint density at radius 2 is 1.57 bits per heavy atom. The van der Waals surface area contributed by atoms with Gasteiger partial charge in [-0.3, -0.25) is 9.88 Å². The summed E-state index contributed by atoms with van der Waals surface area (Å²) < 4.78 is 32.0. The molecule has 3 aromatic rings. The van der Waals surface area contributed by atoms with Gasteiger partial charge in [-0.1, -0.05) is 30.3 Å². The molecule has 5 rings (SSSR count). The van der Waals surface area contributed by atoms with Crippen molar-refractivity contribution < 1.29 is 13.2 Å². The van der Waals surface area contributed by atoms with E-state index in [0.717, 1.165) is 61.2 Å². The molecule has 35 heavy (non-hydrogen) atoms. The van der Waals surface area contributed by atoms with E-state index >= 15 is 0 Å². The lowest BCUT2D eigenvalue weighted by Crippen LogP contribution is -2.54. The highest BCUT2D eigenvalue weighted by Crippen LogP contribution is 2.41. The number of aromatic nitrogens is 1. The van der Waals surface area contributed by atoms with Crippen LogP contribution in [0.3, 0.4) is 0 Å². The number of rotatable bonds is 4. The van der Waals surface area contributed by atoms with E-state index in [1.807, 2.05) is 24.3 Å². The van der Waals surface area contributed by atoms with Crippen LogP contribution in [0.5, 0.6) is 5.75 Å². The Balaban J connectivity index is 1.27. The summed E-state index contributed by atoms with van der Waals surface area (Å²) >= 11 is 0. The molecule has 1 aromatic heterocycles. The monoisotopic (exact) mass is 490 g/mol. The second kappa shape index (κ2) is 9.07. The Kier molecular flexibility index (Phi) is 6.22. The van der Waals surface area contributed by atoms with Gasteiger partial charge in [0.1, 0.15) is 11.4 Å². The summed E-state index contributed by atoms with van der Waals surface area (Å²) in [5.74, 6) is 0.994. The second-order valence-electron chi connectivity index (χ2n) is 10.9. The van der Waals surface area contributed by atoms with E-state index in [-0.39, 0.29) is 16.9 Å². The number of likely N-dealkylation sites (tertiary alicyclic amines) is 1. The highest BCUT2D eigenvalue weighted by Gasteiger charge is 2.41. The number of aryl methyl sites for hydroxylation is 1. The number of piperidine rings is 1. The van der Waals surface area contributed by atoms with Crippen molar-refractivity contribution >= 4 is 9.84 Å². The van der Waals surface area contributed by atoms with Crippen molar-refractivity contribution in [1.82, 2.24) is 9.88 Å². The Labute approximate surface area is 209 Å². The zero-order chi connectivity index (χ0) is 24.7. The molecule has 2 aliphatic rings. The molecule has 0 aliphatic carbocycles. The minimum absolute atomic E-state index is 0.0238. The molecule has 0 amide bonds.